The molecule has 0 unspecified atom stereocenters. The summed E-state index contributed by atoms with van der Waals surface area (Å²) in [6.07, 6.45) is 8.51. The van der Waals surface area contributed by atoms with Crippen molar-refractivity contribution < 1.29 is 9.21 Å². The summed E-state index contributed by atoms with van der Waals surface area (Å²) >= 11 is 0. The Kier molecular flexibility index (Phi) is 4.63. The lowest BCUT2D eigenvalue weighted by Crippen LogP contribution is -2.43. The standard InChI is InChI=1S/C18H20N6O2/c25-18(19-11-15-5-2-9-26-15)14-4-1-7-23(12-14)16-10-17(21-13-20-16)24-8-3-6-22-24/h2-3,5-6,8-10,13-14H,1,4,7,11-12H2,(H,19,25)/t14-/m1/s1. The molecular weight excluding hydrogens is 332 g/mol. The van der Waals surface area contributed by atoms with E-state index in [1.165, 1.54) is 6.33 Å². The Morgan fingerprint density at radius 3 is 3.04 bits per heavy atom. The van der Waals surface area contributed by atoms with Gasteiger partial charge in [-0.15, -0.1) is 0 Å². The van der Waals surface area contributed by atoms with E-state index in [1.807, 2.05) is 30.5 Å². The van der Waals surface area contributed by atoms with Crippen molar-refractivity contribution in [3.8, 4) is 5.82 Å². The highest BCUT2D eigenvalue weighted by molar-refractivity contribution is 5.79. The second-order valence-electron chi connectivity index (χ2n) is 6.27. The van der Waals surface area contributed by atoms with Crippen molar-refractivity contribution in [1.82, 2.24) is 25.1 Å². The molecule has 134 valence electrons. The molecule has 8 heteroatoms. The number of hydrogen-bond acceptors (Lipinski definition) is 6. The number of aromatic nitrogens is 4. The summed E-state index contributed by atoms with van der Waals surface area (Å²) in [6, 6.07) is 7.42. The number of piperidine rings is 1. The fraction of sp³-hybridized carbons (Fsp3) is 0.333. The van der Waals surface area contributed by atoms with Crippen molar-refractivity contribution >= 4 is 11.7 Å². The highest BCUT2D eigenvalue weighted by Crippen LogP contribution is 2.22. The first-order valence-electron chi connectivity index (χ1n) is 8.67. The SMILES string of the molecule is O=C(NCc1ccco1)[C@@H]1CCCN(c2cc(-n3cccn3)ncn2)C1. The van der Waals surface area contributed by atoms with E-state index < -0.39 is 0 Å². The van der Waals surface area contributed by atoms with Crippen LogP contribution in [0.15, 0.2) is 53.7 Å². The van der Waals surface area contributed by atoms with Crippen LogP contribution in [0.1, 0.15) is 18.6 Å². The van der Waals surface area contributed by atoms with Crippen molar-refractivity contribution in [3.05, 3.63) is 55.0 Å². The summed E-state index contributed by atoms with van der Waals surface area (Å²) in [4.78, 5) is 23.3. The summed E-state index contributed by atoms with van der Waals surface area (Å²) in [6.45, 7) is 1.93. The Hall–Kier alpha value is -3.16. The maximum atomic E-state index is 12.5. The topological polar surface area (TPSA) is 89.1 Å². The van der Waals surface area contributed by atoms with Crippen LogP contribution in [0, 0.1) is 5.92 Å². The summed E-state index contributed by atoms with van der Waals surface area (Å²) in [5.41, 5.74) is 0. The minimum Gasteiger partial charge on any atom is -0.467 e. The van der Waals surface area contributed by atoms with Gasteiger partial charge in [0.2, 0.25) is 5.91 Å². The van der Waals surface area contributed by atoms with Gasteiger partial charge in [0.1, 0.15) is 17.9 Å². The molecule has 1 saturated heterocycles. The smallest absolute Gasteiger partial charge is 0.225 e. The van der Waals surface area contributed by atoms with Gasteiger partial charge in [0.25, 0.3) is 0 Å². The van der Waals surface area contributed by atoms with Gasteiger partial charge in [-0.05, 0) is 31.0 Å². The number of rotatable bonds is 5. The third-order valence-electron chi connectivity index (χ3n) is 4.51. The zero-order valence-corrected chi connectivity index (χ0v) is 14.3. The lowest BCUT2D eigenvalue weighted by Gasteiger charge is -2.32. The lowest BCUT2D eigenvalue weighted by molar-refractivity contribution is -0.125. The van der Waals surface area contributed by atoms with E-state index in [2.05, 4.69) is 25.3 Å². The van der Waals surface area contributed by atoms with E-state index in [0.717, 1.165) is 31.0 Å². The molecule has 26 heavy (non-hydrogen) atoms. The molecule has 3 aromatic heterocycles. The molecule has 4 rings (SSSR count). The molecule has 0 bridgehead atoms. The molecule has 1 aliphatic heterocycles. The molecule has 8 nitrogen and oxygen atoms in total. The molecule has 3 aromatic rings. The van der Waals surface area contributed by atoms with Gasteiger partial charge >= 0.3 is 0 Å². The molecule has 1 atom stereocenters. The molecule has 1 aliphatic rings. The minimum atomic E-state index is -0.0677. The number of nitrogens with zero attached hydrogens (tertiary/aromatic N) is 5. The monoisotopic (exact) mass is 352 g/mol. The highest BCUT2D eigenvalue weighted by Gasteiger charge is 2.26. The first-order valence-corrected chi connectivity index (χ1v) is 8.67. The van der Waals surface area contributed by atoms with E-state index in [9.17, 15) is 4.79 Å². The summed E-state index contributed by atoms with van der Waals surface area (Å²) in [5.74, 6) is 2.26. The van der Waals surface area contributed by atoms with Crippen LogP contribution in [0.2, 0.25) is 0 Å². The fourth-order valence-electron chi connectivity index (χ4n) is 3.17. The maximum Gasteiger partial charge on any atom is 0.225 e. The van der Waals surface area contributed by atoms with Crippen LogP contribution >= 0.6 is 0 Å². The molecular formula is C18H20N6O2. The molecule has 0 aromatic carbocycles. The Labute approximate surface area is 150 Å². The zero-order chi connectivity index (χ0) is 17.8. The lowest BCUT2D eigenvalue weighted by atomic mass is 9.97. The van der Waals surface area contributed by atoms with Gasteiger partial charge in [-0.25, -0.2) is 14.6 Å². The predicted molar refractivity (Wildman–Crippen MR) is 94.6 cm³/mol. The predicted octanol–water partition coefficient (Wildman–Crippen LogP) is 1.79. The van der Waals surface area contributed by atoms with Gasteiger partial charge in [0.15, 0.2) is 5.82 Å². The second-order valence-corrected chi connectivity index (χ2v) is 6.27. The number of hydrogen-bond donors (Lipinski definition) is 1. The van der Waals surface area contributed by atoms with Crippen LogP contribution in [-0.2, 0) is 11.3 Å². The van der Waals surface area contributed by atoms with Gasteiger partial charge in [-0.1, -0.05) is 0 Å². The molecule has 4 heterocycles. The number of anilines is 1. The van der Waals surface area contributed by atoms with Crippen molar-refractivity contribution in [2.24, 2.45) is 5.92 Å². The fourth-order valence-corrected chi connectivity index (χ4v) is 3.17. The number of furan rings is 1. The number of nitrogens with one attached hydrogen (secondary N) is 1. The molecule has 1 fully saturated rings. The van der Waals surface area contributed by atoms with E-state index in [4.69, 9.17) is 4.42 Å². The van der Waals surface area contributed by atoms with Crippen LogP contribution in [0.3, 0.4) is 0 Å². The van der Waals surface area contributed by atoms with E-state index in [0.29, 0.717) is 18.9 Å². The Morgan fingerprint density at radius 1 is 1.31 bits per heavy atom. The third kappa shape index (κ3) is 3.58. The second kappa shape index (κ2) is 7.38. The maximum absolute atomic E-state index is 12.5. The molecule has 1 amide bonds. The highest BCUT2D eigenvalue weighted by atomic mass is 16.3. The largest absolute Gasteiger partial charge is 0.467 e. The van der Waals surface area contributed by atoms with Crippen molar-refractivity contribution in [2.75, 3.05) is 18.0 Å². The van der Waals surface area contributed by atoms with Gasteiger partial charge in [-0.3, -0.25) is 4.79 Å². The molecule has 0 aliphatic carbocycles. The molecule has 0 spiro atoms. The van der Waals surface area contributed by atoms with Crippen LogP contribution in [0.4, 0.5) is 5.82 Å². The zero-order valence-electron chi connectivity index (χ0n) is 14.3. The first-order chi connectivity index (χ1) is 12.8. The van der Waals surface area contributed by atoms with Gasteiger partial charge < -0.3 is 14.6 Å². The van der Waals surface area contributed by atoms with E-state index in [1.54, 1.807) is 17.1 Å². The van der Waals surface area contributed by atoms with Gasteiger partial charge in [0, 0.05) is 31.5 Å². The summed E-state index contributed by atoms with van der Waals surface area (Å²) in [5, 5.41) is 7.15. The number of amides is 1. The first kappa shape index (κ1) is 16.3. The number of carbonyl (C=O) groups is 1. The summed E-state index contributed by atoms with van der Waals surface area (Å²) in [7, 11) is 0. The normalized spacial score (nSPS) is 17.2. The van der Waals surface area contributed by atoms with Gasteiger partial charge in [-0.2, -0.15) is 5.10 Å². The Morgan fingerprint density at radius 2 is 2.23 bits per heavy atom. The van der Waals surface area contributed by atoms with Crippen LogP contribution in [-0.4, -0.2) is 38.7 Å². The Bertz CT molecular complexity index is 846. The van der Waals surface area contributed by atoms with Crippen LogP contribution in [0.25, 0.3) is 5.82 Å². The molecule has 0 radical (unpaired) electrons. The van der Waals surface area contributed by atoms with E-state index >= 15 is 0 Å². The molecule has 0 saturated carbocycles. The average molecular weight is 352 g/mol. The van der Waals surface area contributed by atoms with E-state index in [-0.39, 0.29) is 11.8 Å². The van der Waals surface area contributed by atoms with Crippen molar-refractivity contribution in [2.45, 2.75) is 19.4 Å². The van der Waals surface area contributed by atoms with Gasteiger partial charge in [0.05, 0.1) is 18.7 Å². The Balaban J connectivity index is 1.42. The van der Waals surface area contributed by atoms with Crippen LogP contribution < -0.4 is 10.2 Å². The van der Waals surface area contributed by atoms with Crippen molar-refractivity contribution in [1.29, 1.82) is 0 Å². The number of carbonyl (C=O) groups excluding carboxylic acids is 1. The third-order valence-corrected chi connectivity index (χ3v) is 4.51. The summed E-state index contributed by atoms with van der Waals surface area (Å²) < 4.78 is 6.96. The molecule has 1 N–H and O–H groups in total. The minimum absolute atomic E-state index is 0.0486. The quantitative estimate of drug-likeness (QED) is 0.753. The average Bonchev–Trinajstić information content (AvgIpc) is 3.40. The van der Waals surface area contributed by atoms with Crippen molar-refractivity contribution in [3.63, 3.8) is 0 Å². The van der Waals surface area contributed by atoms with Crippen LogP contribution in [0.5, 0.6) is 0 Å².